The quantitative estimate of drug-likeness (QED) is 0.914. The lowest BCUT2D eigenvalue weighted by atomic mass is 9.96. The average Bonchev–Trinajstić information content (AvgIpc) is 2.34. The minimum atomic E-state index is -0.187. The second kappa shape index (κ2) is 6.00. The van der Waals surface area contributed by atoms with Gasteiger partial charge in [0.05, 0.1) is 0 Å². The highest BCUT2D eigenvalue weighted by molar-refractivity contribution is 6.30. The predicted molar refractivity (Wildman–Crippen MR) is 73.1 cm³/mol. The molecule has 0 radical (unpaired) electrons. The van der Waals surface area contributed by atoms with Gasteiger partial charge in [-0.05, 0) is 44.5 Å². The molecule has 1 aromatic carbocycles. The highest BCUT2D eigenvalue weighted by atomic mass is 35.5. The molecule has 1 aliphatic heterocycles. The molecule has 4 heteroatoms. The molecule has 0 aliphatic carbocycles. The van der Waals surface area contributed by atoms with Gasteiger partial charge in [-0.25, -0.2) is 4.39 Å². The summed E-state index contributed by atoms with van der Waals surface area (Å²) in [7, 11) is 0. The maximum atomic E-state index is 13.7. The predicted octanol–water partition coefficient (Wildman–Crippen LogP) is 3.18. The van der Waals surface area contributed by atoms with Gasteiger partial charge in [0, 0.05) is 29.2 Å². The van der Waals surface area contributed by atoms with Gasteiger partial charge in [0.15, 0.2) is 0 Å². The molecule has 2 rings (SSSR count). The van der Waals surface area contributed by atoms with E-state index in [1.165, 1.54) is 12.5 Å². The maximum absolute atomic E-state index is 13.7. The summed E-state index contributed by atoms with van der Waals surface area (Å²) in [6.45, 7) is 3.61. The van der Waals surface area contributed by atoms with Gasteiger partial charge in [0.25, 0.3) is 0 Å². The molecule has 0 bridgehead atoms. The Morgan fingerprint density at radius 3 is 3.00 bits per heavy atom. The zero-order valence-electron chi connectivity index (χ0n) is 10.7. The third-order valence-corrected chi connectivity index (χ3v) is 3.89. The fourth-order valence-electron chi connectivity index (χ4n) is 2.69. The summed E-state index contributed by atoms with van der Waals surface area (Å²) in [6, 6.07) is 5.19. The van der Waals surface area contributed by atoms with Crippen LogP contribution in [0.15, 0.2) is 18.2 Å². The van der Waals surface area contributed by atoms with Gasteiger partial charge < -0.3 is 5.73 Å². The fraction of sp³-hybridized carbons (Fsp3) is 0.571. The Morgan fingerprint density at radius 1 is 1.50 bits per heavy atom. The van der Waals surface area contributed by atoms with Gasteiger partial charge in [-0.15, -0.1) is 0 Å². The van der Waals surface area contributed by atoms with E-state index in [9.17, 15) is 4.39 Å². The zero-order chi connectivity index (χ0) is 13.1. The minimum Gasteiger partial charge on any atom is -0.327 e. The molecule has 18 heavy (non-hydrogen) atoms. The van der Waals surface area contributed by atoms with Crippen molar-refractivity contribution in [1.82, 2.24) is 4.90 Å². The first-order valence-electron chi connectivity index (χ1n) is 6.51. The molecular weight excluding hydrogens is 251 g/mol. The number of piperidine rings is 1. The largest absolute Gasteiger partial charge is 0.327 e. The molecule has 0 saturated carbocycles. The third kappa shape index (κ3) is 3.22. The van der Waals surface area contributed by atoms with E-state index in [1.807, 2.05) is 6.92 Å². The molecule has 1 heterocycles. The Hall–Kier alpha value is -0.640. The van der Waals surface area contributed by atoms with E-state index in [1.54, 1.807) is 12.1 Å². The van der Waals surface area contributed by atoms with Crippen molar-refractivity contribution in [3.63, 3.8) is 0 Å². The molecule has 1 aliphatic rings. The van der Waals surface area contributed by atoms with Crippen molar-refractivity contribution in [2.45, 2.75) is 44.8 Å². The second-order valence-electron chi connectivity index (χ2n) is 5.13. The van der Waals surface area contributed by atoms with E-state index in [0.717, 1.165) is 19.4 Å². The summed E-state index contributed by atoms with van der Waals surface area (Å²) in [4.78, 5) is 2.28. The molecular formula is C14H20ClFN2. The van der Waals surface area contributed by atoms with Crippen LogP contribution in [-0.4, -0.2) is 23.5 Å². The van der Waals surface area contributed by atoms with Crippen LogP contribution in [0.3, 0.4) is 0 Å². The van der Waals surface area contributed by atoms with Crippen LogP contribution in [0.1, 0.15) is 31.7 Å². The summed E-state index contributed by atoms with van der Waals surface area (Å²) in [5, 5.41) is 0.584. The van der Waals surface area contributed by atoms with Crippen LogP contribution in [-0.2, 0) is 6.54 Å². The third-order valence-electron chi connectivity index (χ3n) is 3.65. The van der Waals surface area contributed by atoms with Crippen molar-refractivity contribution in [2.24, 2.45) is 5.73 Å². The summed E-state index contributed by atoms with van der Waals surface area (Å²) in [5.74, 6) is -0.187. The first-order chi connectivity index (χ1) is 8.58. The molecule has 2 unspecified atom stereocenters. The van der Waals surface area contributed by atoms with E-state index in [-0.39, 0.29) is 11.9 Å². The Bertz CT molecular complexity index is 409. The number of halogens is 2. The van der Waals surface area contributed by atoms with E-state index in [2.05, 4.69) is 4.90 Å². The molecule has 2 N–H and O–H groups in total. The Kier molecular flexibility index (Phi) is 4.60. The number of likely N-dealkylation sites (tertiary alicyclic amines) is 1. The lowest BCUT2D eigenvalue weighted by molar-refractivity contribution is 0.121. The van der Waals surface area contributed by atoms with Crippen LogP contribution in [0, 0.1) is 5.82 Å². The summed E-state index contributed by atoms with van der Waals surface area (Å²) in [5.41, 5.74) is 6.68. The van der Waals surface area contributed by atoms with Gasteiger partial charge in [-0.1, -0.05) is 18.0 Å². The lowest BCUT2D eigenvalue weighted by Crippen LogP contribution is -2.48. The number of rotatable bonds is 3. The first kappa shape index (κ1) is 13.8. The number of benzene rings is 1. The minimum absolute atomic E-state index is 0.118. The van der Waals surface area contributed by atoms with Crippen molar-refractivity contribution in [3.05, 3.63) is 34.6 Å². The van der Waals surface area contributed by atoms with Gasteiger partial charge in [-0.3, -0.25) is 4.90 Å². The highest BCUT2D eigenvalue weighted by Crippen LogP contribution is 2.23. The van der Waals surface area contributed by atoms with Crippen molar-refractivity contribution < 1.29 is 4.39 Å². The molecule has 0 amide bonds. The fourth-order valence-corrected chi connectivity index (χ4v) is 2.89. The van der Waals surface area contributed by atoms with Crippen LogP contribution in [0.4, 0.5) is 4.39 Å². The summed E-state index contributed by atoms with van der Waals surface area (Å²) >= 11 is 5.92. The van der Waals surface area contributed by atoms with Crippen LogP contribution in [0.25, 0.3) is 0 Å². The standard InChI is InChI=1S/C14H20ClFN2/c1-10(17)14-4-2-3-7-18(14)9-11-8-12(15)5-6-13(11)16/h5-6,8,10,14H,2-4,7,9,17H2,1H3. The van der Waals surface area contributed by atoms with Crippen molar-refractivity contribution in [1.29, 1.82) is 0 Å². The van der Waals surface area contributed by atoms with Crippen LogP contribution in [0.5, 0.6) is 0 Å². The molecule has 1 aromatic rings. The maximum Gasteiger partial charge on any atom is 0.127 e. The molecule has 0 spiro atoms. The first-order valence-corrected chi connectivity index (χ1v) is 6.89. The topological polar surface area (TPSA) is 29.3 Å². The van der Waals surface area contributed by atoms with E-state index < -0.39 is 0 Å². The van der Waals surface area contributed by atoms with E-state index in [0.29, 0.717) is 23.2 Å². The molecule has 2 atom stereocenters. The second-order valence-corrected chi connectivity index (χ2v) is 5.56. The van der Waals surface area contributed by atoms with Crippen molar-refractivity contribution in [3.8, 4) is 0 Å². The van der Waals surface area contributed by atoms with Crippen LogP contribution in [0.2, 0.25) is 5.02 Å². The average molecular weight is 271 g/mol. The molecule has 100 valence electrons. The normalized spacial score (nSPS) is 23.0. The Labute approximate surface area is 113 Å². The number of hydrogen-bond donors (Lipinski definition) is 1. The van der Waals surface area contributed by atoms with Gasteiger partial charge in [0.2, 0.25) is 0 Å². The molecule has 2 nitrogen and oxygen atoms in total. The Morgan fingerprint density at radius 2 is 2.28 bits per heavy atom. The Balaban J connectivity index is 2.13. The number of hydrogen-bond acceptors (Lipinski definition) is 2. The van der Waals surface area contributed by atoms with Gasteiger partial charge in [-0.2, -0.15) is 0 Å². The lowest BCUT2D eigenvalue weighted by Gasteiger charge is -2.38. The van der Waals surface area contributed by atoms with E-state index >= 15 is 0 Å². The summed E-state index contributed by atoms with van der Waals surface area (Å²) in [6.07, 6.45) is 3.46. The molecule has 0 aromatic heterocycles. The van der Waals surface area contributed by atoms with Gasteiger partial charge in [0.1, 0.15) is 5.82 Å². The SMILES string of the molecule is CC(N)C1CCCCN1Cc1cc(Cl)ccc1F. The van der Waals surface area contributed by atoms with Gasteiger partial charge >= 0.3 is 0 Å². The van der Waals surface area contributed by atoms with Crippen molar-refractivity contribution in [2.75, 3.05) is 6.54 Å². The monoisotopic (exact) mass is 270 g/mol. The molecule has 1 saturated heterocycles. The van der Waals surface area contributed by atoms with Crippen LogP contribution >= 0.6 is 11.6 Å². The van der Waals surface area contributed by atoms with Crippen molar-refractivity contribution >= 4 is 11.6 Å². The highest BCUT2D eigenvalue weighted by Gasteiger charge is 2.25. The smallest absolute Gasteiger partial charge is 0.127 e. The number of nitrogens with two attached hydrogens (primary N) is 1. The molecule has 1 fully saturated rings. The van der Waals surface area contributed by atoms with Crippen LogP contribution < -0.4 is 5.73 Å². The zero-order valence-corrected chi connectivity index (χ0v) is 11.5. The number of nitrogens with zero attached hydrogens (tertiary/aromatic N) is 1. The summed E-state index contributed by atoms with van der Waals surface area (Å²) < 4.78 is 13.7. The van der Waals surface area contributed by atoms with E-state index in [4.69, 9.17) is 17.3 Å².